The Hall–Kier alpha value is -3.13. The Morgan fingerprint density at radius 1 is 1.12 bits per heavy atom. The van der Waals surface area contributed by atoms with E-state index in [-0.39, 0.29) is 17.5 Å². The highest BCUT2D eigenvalue weighted by atomic mass is 16.5. The molecule has 0 saturated carbocycles. The number of para-hydroxylation sites is 1. The van der Waals surface area contributed by atoms with Gasteiger partial charge in [0.25, 0.3) is 5.91 Å². The third kappa shape index (κ3) is 4.02. The van der Waals surface area contributed by atoms with E-state index in [1.54, 1.807) is 10.6 Å². The normalized spacial score (nSPS) is 19.5. The summed E-state index contributed by atoms with van der Waals surface area (Å²) in [6, 6.07) is 11.4. The summed E-state index contributed by atoms with van der Waals surface area (Å²) in [7, 11) is 0. The van der Waals surface area contributed by atoms with Gasteiger partial charge in [-0.25, -0.2) is 4.52 Å². The van der Waals surface area contributed by atoms with Crippen molar-refractivity contribution in [2.45, 2.75) is 38.8 Å². The van der Waals surface area contributed by atoms with Gasteiger partial charge < -0.3 is 15.0 Å². The van der Waals surface area contributed by atoms with Gasteiger partial charge in [-0.2, -0.15) is 4.98 Å². The molecule has 168 valence electrons. The first-order chi connectivity index (χ1) is 15.4. The maximum Gasteiger partial charge on any atom is 0.251 e. The highest BCUT2D eigenvalue weighted by Gasteiger charge is 2.27. The molecule has 2 aliphatic rings. The predicted molar refractivity (Wildman–Crippen MR) is 123 cm³/mol. The first kappa shape index (κ1) is 20.8. The van der Waals surface area contributed by atoms with E-state index in [2.05, 4.69) is 41.0 Å². The highest BCUT2D eigenvalue weighted by Crippen LogP contribution is 2.31. The number of hydrogen-bond acceptors (Lipinski definition) is 6. The number of carbonyl (C=O) groups excluding carboxylic acids is 1. The van der Waals surface area contributed by atoms with E-state index >= 15 is 0 Å². The number of anilines is 1. The molecule has 32 heavy (non-hydrogen) atoms. The number of pyridine rings is 1. The molecule has 5 rings (SSSR count). The van der Waals surface area contributed by atoms with Crippen LogP contribution >= 0.6 is 0 Å². The molecular formula is C24H30N6O2. The van der Waals surface area contributed by atoms with Crippen LogP contribution in [0, 0.1) is 0 Å². The van der Waals surface area contributed by atoms with Crippen molar-refractivity contribution < 1.29 is 9.53 Å². The van der Waals surface area contributed by atoms with E-state index in [9.17, 15) is 4.79 Å². The minimum absolute atomic E-state index is 0.0591. The Morgan fingerprint density at radius 3 is 2.69 bits per heavy atom. The third-order valence-corrected chi connectivity index (χ3v) is 6.36. The molecule has 0 radical (unpaired) electrons. The van der Waals surface area contributed by atoms with Gasteiger partial charge in [-0.3, -0.25) is 9.69 Å². The quantitative estimate of drug-likeness (QED) is 0.683. The number of fused-ring (bicyclic) bond motifs is 2. The number of hydrogen-bond donors (Lipinski definition) is 1. The minimum atomic E-state index is -0.113. The molecule has 0 spiro atoms. The summed E-state index contributed by atoms with van der Waals surface area (Å²) < 4.78 is 7.45. The van der Waals surface area contributed by atoms with Crippen molar-refractivity contribution in [1.82, 2.24) is 24.8 Å². The molecule has 2 aromatic heterocycles. The van der Waals surface area contributed by atoms with Crippen LogP contribution in [0.15, 0.2) is 42.6 Å². The van der Waals surface area contributed by atoms with Crippen LogP contribution in [0.4, 0.5) is 5.95 Å². The number of piperazine rings is 1. The first-order valence-corrected chi connectivity index (χ1v) is 11.3. The Morgan fingerprint density at radius 2 is 1.91 bits per heavy atom. The number of rotatable bonds is 3. The lowest BCUT2D eigenvalue weighted by Gasteiger charge is -2.41. The number of benzene rings is 1. The van der Waals surface area contributed by atoms with E-state index in [1.807, 2.05) is 36.5 Å². The smallest absolute Gasteiger partial charge is 0.251 e. The zero-order valence-corrected chi connectivity index (χ0v) is 18.9. The van der Waals surface area contributed by atoms with Crippen LogP contribution in [0.25, 0.3) is 5.65 Å². The second-order valence-electron chi connectivity index (χ2n) is 9.48. The molecule has 1 saturated heterocycles. The highest BCUT2D eigenvalue weighted by molar-refractivity contribution is 5.95. The summed E-state index contributed by atoms with van der Waals surface area (Å²) >= 11 is 0. The molecule has 1 atom stereocenters. The zero-order valence-electron chi connectivity index (χ0n) is 18.9. The van der Waals surface area contributed by atoms with Gasteiger partial charge in [0.2, 0.25) is 5.95 Å². The standard InChI is InChI=1S/C24H30N6O2/c1-24(2,3)29-13-11-28(12-14-29)23-26-21-16-17(8-10-30(21)27-23)22(31)25-19-9-15-32-20-7-5-4-6-18(19)20/h4-8,10,16,19H,9,11-15H2,1-3H3,(H,25,31)/t19-/m0/s1. The molecule has 1 aromatic carbocycles. The van der Waals surface area contributed by atoms with Crippen molar-refractivity contribution in [1.29, 1.82) is 0 Å². The zero-order chi connectivity index (χ0) is 22.3. The molecule has 1 fully saturated rings. The van der Waals surface area contributed by atoms with Crippen LogP contribution in [-0.2, 0) is 0 Å². The maximum atomic E-state index is 13.0. The van der Waals surface area contributed by atoms with Gasteiger partial charge >= 0.3 is 0 Å². The molecule has 1 N–H and O–H groups in total. The fraction of sp³-hybridized carbons (Fsp3) is 0.458. The van der Waals surface area contributed by atoms with Gasteiger partial charge in [-0.1, -0.05) is 18.2 Å². The second-order valence-corrected chi connectivity index (χ2v) is 9.48. The number of ether oxygens (including phenoxy) is 1. The maximum absolute atomic E-state index is 13.0. The van der Waals surface area contributed by atoms with Crippen LogP contribution in [0.2, 0.25) is 0 Å². The van der Waals surface area contributed by atoms with Crippen molar-refractivity contribution in [3.8, 4) is 5.75 Å². The fourth-order valence-electron chi connectivity index (χ4n) is 4.46. The SMILES string of the molecule is CC(C)(C)N1CCN(c2nc3cc(C(=O)N[C@H]4CCOc5ccccc54)ccn3n2)CC1. The van der Waals surface area contributed by atoms with E-state index in [1.165, 1.54) is 0 Å². The molecular weight excluding hydrogens is 404 g/mol. The van der Waals surface area contributed by atoms with E-state index in [4.69, 9.17) is 9.72 Å². The topological polar surface area (TPSA) is 75.0 Å². The predicted octanol–water partition coefficient (Wildman–Crippen LogP) is 2.90. The van der Waals surface area contributed by atoms with Crippen molar-refractivity contribution in [2.75, 3.05) is 37.7 Å². The van der Waals surface area contributed by atoms with Crippen molar-refractivity contribution in [2.24, 2.45) is 0 Å². The summed E-state index contributed by atoms with van der Waals surface area (Å²) in [4.78, 5) is 22.4. The van der Waals surface area contributed by atoms with Gasteiger partial charge in [0.15, 0.2) is 5.65 Å². The lowest BCUT2D eigenvalue weighted by molar-refractivity contribution is 0.0924. The van der Waals surface area contributed by atoms with Gasteiger partial charge in [-0.05, 0) is 39.0 Å². The Labute approximate surface area is 188 Å². The monoisotopic (exact) mass is 434 g/mol. The average Bonchev–Trinajstić information content (AvgIpc) is 3.22. The molecule has 0 unspecified atom stereocenters. The largest absolute Gasteiger partial charge is 0.493 e. The van der Waals surface area contributed by atoms with Crippen LogP contribution in [0.3, 0.4) is 0 Å². The molecule has 3 aromatic rings. The summed E-state index contributed by atoms with van der Waals surface area (Å²) in [5.74, 6) is 1.44. The van der Waals surface area contributed by atoms with Crippen molar-refractivity contribution in [3.05, 3.63) is 53.7 Å². The average molecular weight is 435 g/mol. The van der Waals surface area contributed by atoms with E-state index in [0.29, 0.717) is 17.8 Å². The second kappa shape index (κ2) is 8.09. The van der Waals surface area contributed by atoms with Crippen LogP contribution in [0.5, 0.6) is 5.75 Å². The number of amides is 1. The molecule has 0 bridgehead atoms. The molecule has 8 heteroatoms. The lowest BCUT2D eigenvalue weighted by atomic mass is 10.0. The van der Waals surface area contributed by atoms with Crippen molar-refractivity contribution >= 4 is 17.5 Å². The number of aromatic nitrogens is 3. The van der Waals surface area contributed by atoms with Gasteiger partial charge in [0.05, 0.1) is 12.6 Å². The summed E-state index contributed by atoms with van der Waals surface area (Å²) in [6.07, 6.45) is 2.56. The molecule has 2 aliphatic heterocycles. The summed E-state index contributed by atoms with van der Waals surface area (Å²) in [5, 5.41) is 7.79. The first-order valence-electron chi connectivity index (χ1n) is 11.3. The fourth-order valence-corrected chi connectivity index (χ4v) is 4.46. The number of nitrogens with one attached hydrogen (secondary N) is 1. The van der Waals surface area contributed by atoms with Crippen molar-refractivity contribution in [3.63, 3.8) is 0 Å². The lowest BCUT2D eigenvalue weighted by Crippen LogP contribution is -2.53. The van der Waals surface area contributed by atoms with Gasteiger partial charge in [-0.15, -0.1) is 5.10 Å². The van der Waals surface area contributed by atoms with Crippen LogP contribution < -0.4 is 15.0 Å². The Balaban J connectivity index is 1.30. The molecule has 1 amide bonds. The minimum Gasteiger partial charge on any atom is -0.493 e. The molecule has 4 heterocycles. The molecule has 8 nitrogen and oxygen atoms in total. The number of carbonyl (C=O) groups is 1. The van der Waals surface area contributed by atoms with E-state index < -0.39 is 0 Å². The molecule has 0 aliphatic carbocycles. The third-order valence-electron chi connectivity index (χ3n) is 6.36. The van der Waals surface area contributed by atoms with Crippen LogP contribution in [-0.4, -0.2) is 63.7 Å². The van der Waals surface area contributed by atoms with Gasteiger partial charge in [0, 0.05) is 55.5 Å². The Kier molecular flexibility index (Phi) is 5.25. The van der Waals surface area contributed by atoms with Gasteiger partial charge in [0.1, 0.15) is 5.75 Å². The van der Waals surface area contributed by atoms with Crippen LogP contribution in [0.1, 0.15) is 49.2 Å². The number of nitrogens with zero attached hydrogens (tertiary/aromatic N) is 5. The Bertz CT molecular complexity index is 1130. The van der Waals surface area contributed by atoms with E-state index in [0.717, 1.165) is 49.9 Å². The summed E-state index contributed by atoms with van der Waals surface area (Å²) in [5.41, 5.74) is 2.45. The summed E-state index contributed by atoms with van der Waals surface area (Å²) in [6.45, 7) is 11.1.